The van der Waals surface area contributed by atoms with Crippen molar-refractivity contribution < 1.29 is 0 Å². The number of aryl methyl sites for hydroxylation is 1. The number of hydrogen-bond acceptors (Lipinski definition) is 5. The lowest BCUT2D eigenvalue weighted by atomic mass is 10.1. The van der Waals surface area contributed by atoms with Crippen LogP contribution in [0.4, 0.5) is 5.82 Å². The van der Waals surface area contributed by atoms with Crippen LogP contribution < -0.4 is 10.6 Å². The van der Waals surface area contributed by atoms with Crippen LogP contribution in [0.1, 0.15) is 18.7 Å². The summed E-state index contributed by atoms with van der Waals surface area (Å²) in [4.78, 5) is 13.2. The van der Waals surface area contributed by atoms with Crippen molar-refractivity contribution in [3.05, 3.63) is 24.4 Å². The zero-order valence-electron chi connectivity index (χ0n) is 11.9. The molecule has 1 aliphatic heterocycles. The lowest BCUT2D eigenvalue weighted by Gasteiger charge is -2.24. The fourth-order valence-electron chi connectivity index (χ4n) is 2.48. The Morgan fingerprint density at radius 1 is 1.35 bits per heavy atom. The molecule has 1 fully saturated rings. The highest BCUT2D eigenvalue weighted by molar-refractivity contribution is 5.55. The van der Waals surface area contributed by atoms with E-state index in [0.717, 1.165) is 36.1 Å². The zero-order valence-corrected chi connectivity index (χ0v) is 11.9. The smallest absolute Gasteiger partial charge is 0.145 e. The molecule has 0 aromatic carbocycles. The Labute approximate surface area is 118 Å². The summed E-state index contributed by atoms with van der Waals surface area (Å²) in [6, 6.07) is 0.432. The number of nitrogens with zero attached hydrogens (tertiary/aromatic N) is 4. The molecule has 2 N–H and O–H groups in total. The first kappa shape index (κ1) is 13.1. The van der Waals surface area contributed by atoms with Gasteiger partial charge in [0.1, 0.15) is 17.3 Å². The average Bonchev–Trinajstić information content (AvgIpc) is 2.80. The molecular weight excluding hydrogens is 252 g/mol. The van der Waals surface area contributed by atoms with Gasteiger partial charge in [-0.15, -0.1) is 0 Å². The van der Waals surface area contributed by atoms with Gasteiger partial charge in [-0.25, -0.2) is 9.97 Å². The summed E-state index contributed by atoms with van der Waals surface area (Å²) in [5.74, 6) is 1.80. The van der Waals surface area contributed by atoms with E-state index in [-0.39, 0.29) is 0 Å². The number of imidazole rings is 1. The predicted octanol–water partition coefficient (Wildman–Crippen LogP) is 1.35. The van der Waals surface area contributed by atoms with E-state index < -0.39 is 0 Å². The van der Waals surface area contributed by atoms with E-state index in [2.05, 4.69) is 25.6 Å². The molecule has 6 nitrogen and oxygen atoms in total. The van der Waals surface area contributed by atoms with E-state index in [1.54, 1.807) is 12.4 Å². The van der Waals surface area contributed by atoms with Crippen molar-refractivity contribution in [3.63, 3.8) is 0 Å². The maximum Gasteiger partial charge on any atom is 0.145 e. The maximum absolute atomic E-state index is 4.65. The SMILES string of the molecule is Cc1ncc(-c2cncc(NC3CCCNC3)n2)n1C. The molecule has 3 heterocycles. The second-order valence-corrected chi connectivity index (χ2v) is 5.23. The number of rotatable bonds is 3. The normalized spacial score (nSPS) is 19.0. The molecule has 0 amide bonds. The lowest BCUT2D eigenvalue weighted by Crippen LogP contribution is -2.38. The zero-order chi connectivity index (χ0) is 13.9. The minimum absolute atomic E-state index is 0.432. The molecule has 1 aliphatic rings. The molecule has 2 aromatic rings. The fraction of sp³-hybridized carbons (Fsp3) is 0.500. The van der Waals surface area contributed by atoms with E-state index in [1.807, 2.05) is 24.7 Å². The lowest BCUT2D eigenvalue weighted by molar-refractivity contribution is 0.479. The van der Waals surface area contributed by atoms with Crippen molar-refractivity contribution >= 4 is 5.82 Å². The molecule has 1 atom stereocenters. The molecule has 3 rings (SSSR count). The number of aromatic nitrogens is 4. The third-order valence-electron chi connectivity index (χ3n) is 3.77. The molecule has 1 saturated heterocycles. The van der Waals surface area contributed by atoms with Crippen LogP contribution in [0.5, 0.6) is 0 Å². The van der Waals surface area contributed by atoms with E-state index in [0.29, 0.717) is 6.04 Å². The first-order valence-corrected chi connectivity index (χ1v) is 7.02. The summed E-state index contributed by atoms with van der Waals surface area (Å²) >= 11 is 0. The van der Waals surface area contributed by atoms with Gasteiger partial charge in [0.15, 0.2) is 0 Å². The van der Waals surface area contributed by atoms with Gasteiger partial charge < -0.3 is 15.2 Å². The van der Waals surface area contributed by atoms with Gasteiger partial charge in [0.25, 0.3) is 0 Å². The quantitative estimate of drug-likeness (QED) is 0.883. The van der Waals surface area contributed by atoms with Crippen LogP contribution in [0, 0.1) is 6.92 Å². The standard InChI is InChI=1S/C14H20N6/c1-10-17-8-13(20(10)2)12-7-16-9-14(19-12)18-11-4-3-5-15-6-11/h7-9,11,15H,3-6H2,1-2H3,(H,18,19). The van der Waals surface area contributed by atoms with Gasteiger partial charge in [-0.1, -0.05) is 0 Å². The Morgan fingerprint density at radius 2 is 2.25 bits per heavy atom. The van der Waals surface area contributed by atoms with E-state index in [1.165, 1.54) is 12.8 Å². The van der Waals surface area contributed by atoms with E-state index in [4.69, 9.17) is 0 Å². The van der Waals surface area contributed by atoms with Gasteiger partial charge in [0.2, 0.25) is 0 Å². The van der Waals surface area contributed by atoms with Gasteiger partial charge in [-0.2, -0.15) is 0 Å². The van der Waals surface area contributed by atoms with Crippen LogP contribution in [0.25, 0.3) is 11.4 Å². The monoisotopic (exact) mass is 272 g/mol. The van der Waals surface area contributed by atoms with Crippen LogP contribution >= 0.6 is 0 Å². The summed E-state index contributed by atoms with van der Waals surface area (Å²) < 4.78 is 2.02. The third-order valence-corrected chi connectivity index (χ3v) is 3.77. The number of anilines is 1. The molecule has 6 heteroatoms. The van der Waals surface area contributed by atoms with E-state index in [9.17, 15) is 0 Å². The molecule has 106 valence electrons. The fourth-order valence-corrected chi connectivity index (χ4v) is 2.48. The number of piperidine rings is 1. The summed E-state index contributed by atoms with van der Waals surface area (Å²) in [5, 5.41) is 6.84. The minimum atomic E-state index is 0.432. The largest absolute Gasteiger partial charge is 0.365 e. The summed E-state index contributed by atoms with van der Waals surface area (Å²) in [6.45, 7) is 4.07. The van der Waals surface area contributed by atoms with Gasteiger partial charge in [-0.3, -0.25) is 4.98 Å². The summed E-state index contributed by atoms with van der Waals surface area (Å²) in [5.41, 5.74) is 1.84. The van der Waals surface area contributed by atoms with Gasteiger partial charge >= 0.3 is 0 Å². The second kappa shape index (κ2) is 5.58. The molecule has 2 aromatic heterocycles. The van der Waals surface area contributed by atoms with Crippen LogP contribution in [0.15, 0.2) is 18.6 Å². The number of hydrogen-bond donors (Lipinski definition) is 2. The third kappa shape index (κ3) is 2.65. The van der Waals surface area contributed by atoms with Crippen LogP contribution in [0.2, 0.25) is 0 Å². The van der Waals surface area contributed by atoms with Crippen LogP contribution in [0.3, 0.4) is 0 Å². The Hall–Kier alpha value is -1.95. The highest BCUT2D eigenvalue weighted by Gasteiger charge is 2.14. The Balaban J connectivity index is 1.80. The van der Waals surface area contributed by atoms with Crippen molar-refractivity contribution in [1.82, 2.24) is 24.8 Å². The highest BCUT2D eigenvalue weighted by atomic mass is 15.1. The minimum Gasteiger partial charge on any atom is -0.365 e. The highest BCUT2D eigenvalue weighted by Crippen LogP contribution is 2.18. The molecule has 20 heavy (non-hydrogen) atoms. The number of nitrogens with one attached hydrogen (secondary N) is 2. The Bertz CT molecular complexity index is 585. The first-order valence-electron chi connectivity index (χ1n) is 7.02. The molecule has 1 unspecified atom stereocenters. The predicted molar refractivity (Wildman–Crippen MR) is 78.5 cm³/mol. The van der Waals surface area contributed by atoms with Gasteiger partial charge in [0, 0.05) is 19.6 Å². The Morgan fingerprint density at radius 3 is 2.95 bits per heavy atom. The molecular formula is C14H20N6. The summed E-state index contributed by atoms with van der Waals surface area (Å²) in [6.07, 6.45) is 7.77. The molecule has 0 saturated carbocycles. The molecule has 0 bridgehead atoms. The van der Waals surface area contributed by atoms with Crippen molar-refractivity contribution in [2.24, 2.45) is 7.05 Å². The average molecular weight is 272 g/mol. The van der Waals surface area contributed by atoms with Crippen molar-refractivity contribution in [2.75, 3.05) is 18.4 Å². The van der Waals surface area contributed by atoms with Crippen LogP contribution in [-0.2, 0) is 7.05 Å². The van der Waals surface area contributed by atoms with Crippen molar-refractivity contribution in [1.29, 1.82) is 0 Å². The van der Waals surface area contributed by atoms with Crippen molar-refractivity contribution in [2.45, 2.75) is 25.8 Å². The molecule has 0 radical (unpaired) electrons. The van der Waals surface area contributed by atoms with Gasteiger partial charge in [-0.05, 0) is 26.3 Å². The molecule has 0 spiro atoms. The Kier molecular flexibility index (Phi) is 3.64. The van der Waals surface area contributed by atoms with E-state index >= 15 is 0 Å². The van der Waals surface area contributed by atoms with Gasteiger partial charge in [0.05, 0.1) is 24.3 Å². The first-order chi connectivity index (χ1) is 9.74. The van der Waals surface area contributed by atoms with Crippen LogP contribution in [-0.4, -0.2) is 38.7 Å². The molecule has 0 aliphatic carbocycles. The topological polar surface area (TPSA) is 67.7 Å². The van der Waals surface area contributed by atoms with Crippen molar-refractivity contribution in [3.8, 4) is 11.4 Å². The second-order valence-electron chi connectivity index (χ2n) is 5.23. The summed E-state index contributed by atoms with van der Waals surface area (Å²) in [7, 11) is 1.99. The maximum atomic E-state index is 4.65.